The summed E-state index contributed by atoms with van der Waals surface area (Å²) in [6.45, 7) is 3.48. The van der Waals surface area contributed by atoms with Gasteiger partial charge in [-0.05, 0) is 19.9 Å². The van der Waals surface area contributed by atoms with Crippen LogP contribution in [-0.2, 0) is 0 Å². The quantitative estimate of drug-likeness (QED) is 0.473. The standard InChI is InChI=1S/C15H10O2.C8H8O/c1-9-6-7-12-13(8-9)15(17)11-5-3-2-4-10(11)14(12)16;1-7(9)8-5-3-2-4-6-8/h2-8H,1H3;2-6H,1H3. The van der Waals surface area contributed by atoms with Gasteiger partial charge in [0, 0.05) is 27.8 Å². The molecule has 0 spiro atoms. The van der Waals surface area contributed by atoms with Gasteiger partial charge >= 0.3 is 0 Å². The lowest BCUT2D eigenvalue weighted by Crippen LogP contribution is -2.20. The summed E-state index contributed by atoms with van der Waals surface area (Å²) in [7, 11) is 0. The molecule has 0 atom stereocenters. The number of carbonyl (C=O) groups excluding carboxylic acids is 3. The van der Waals surface area contributed by atoms with E-state index in [0.29, 0.717) is 22.3 Å². The van der Waals surface area contributed by atoms with Crippen LogP contribution >= 0.6 is 0 Å². The highest BCUT2D eigenvalue weighted by Gasteiger charge is 2.28. The number of ketones is 3. The number of aryl methyl sites for hydroxylation is 1. The first-order valence-electron chi connectivity index (χ1n) is 8.34. The van der Waals surface area contributed by atoms with Crippen LogP contribution in [0.4, 0.5) is 0 Å². The SMILES string of the molecule is CC(=O)c1ccccc1.Cc1ccc2c(c1)C(=O)c1ccccc1C2=O. The molecule has 26 heavy (non-hydrogen) atoms. The zero-order valence-corrected chi connectivity index (χ0v) is 14.7. The number of hydrogen-bond donors (Lipinski definition) is 0. The van der Waals surface area contributed by atoms with Gasteiger partial charge in [0.15, 0.2) is 17.3 Å². The molecule has 3 aromatic rings. The van der Waals surface area contributed by atoms with E-state index in [1.807, 2.05) is 43.3 Å². The van der Waals surface area contributed by atoms with Gasteiger partial charge < -0.3 is 0 Å². The second-order valence-corrected chi connectivity index (χ2v) is 6.18. The maximum Gasteiger partial charge on any atom is 0.194 e. The number of rotatable bonds is 1. The molecule has 0 saturated carbocycles. The normalized spacial score (nSPS) is 11.8. The first kappa shape index (κ1) is 17.5. The molecule has 0 aliphatic heterocycles. The average molecular weight is 342 g/mol. The van der Waals surface area contributed by atoms with Crippen LogP contribution in [0, 0.1) is 6.92 Å². The Bertz CT molecular complexity index is 1000. The van der Waals surface area contributed by atoms with Crippen LogP contribution in [0.25, 0.3) is 0 Å². The molecule has 0 fully saturated rings. The summed E-state index contributed by atoms with van der Waals surface area (Å²) in [5.74, 6) is 0.00435. The van der Waals surface area contributed by atoms with Crippen LogP contribution in [0.15, 0.2) is 72.8 Å². The number of benzene rings is 3. The molecule has 3 heteroatoms. The predicted molar refractivity (Wildman–Crippen MR) is 101 cm³/mol. The highest BCUT2D eigenvalue weighted by molar-refractivity contribution is 6.28. The molecular weight excluding hydrogens is 324 g/mol. The maximum absolute atomic E-state index is 12.3. The summed E-state index contributed by atoms with van der Waals surface area (Å²) in [5, 5.41) is 0. The Morgan fingerprint density at radius 1 is 0.654 bits per heavy atom. The molecule has 0 aromatic heterocycles. The van der Waals surface area contributed by atoms with Gasteiger partial charge in [0.1, 0.15) is 0 Å². The molecule has 128 valence electrons. The van der Waals surface area contributed by atoms with Gasteiger partial charge in [-0.25, -0.2) is 0 Å². The van der Waals surface area contributed by atoms with Crippen LogP contribution < -0.4 is 0 Å². The van der Waals surface area contributed by atoms with Crippen molar-refractivity contribution >= 4 is 17.3 Å². The average Bonchev–Trinajstić information content (AvgIpc) is 2.67. The summed E-state index contributed by atoms with van der Waals surface area (Å²) >= 11 is 0. The largest absolute Gasteiger partial charge is 0.295 e. The number of carbonyl (C=O) groups is 3. The topological polar surface area (TPSA) is 51.2 Å². The number of Topliss-reactive ketones (excluding diaryl/α,β-unsaturated/α-hetero) is 1. The van der Waals surface area contributed by atoms with Crippen LogP contribution in [0.2, 0.25) is 0 Å². The van der Waals surface area contributed by atoms with Crippen LogP contribution in [0.3, 0.4) is 0 Å². The zero-order chi connectivity index (χ0) is 18.7. The summed E-state index contributed by atoms with van der Waals surface area (Å²) in [4.78, 5) is 35.1. The molecular formula is C23H18O3. The predicted octanol–water partition coefficient (Wildman–Crippen LogP) is 4.66. The second kappa shape index (κ2) is 7.28. The van der Waals surface area contributed by atoms with Crippen molar-refractivity contribution in [2.45, 2.75) is 13.8 Å². The van der Waals surface area contributed by atoms with Crippen molar-refractivity contribution in [3.63, 3.8) is 0 Å². The smallest absolute Gasteiger partial charge is 0.194 e. The number of hydrogen-bond acceptors (Lipinski definition) is 3. The van der Waals surface area contributed by atoms with Crippen molar-refractivity contribution in [2.75, 3.05) is 0 Å². The van der Waals surface area contributed by atoms with E-state index in [-0.39, 0.29) is 17.3 Å². The molecule has 1 aliphatic rings. The fourth-order valence-electron chi connectivity index (χ4n) is 2.89. The summed E-state index contributed by atoms with van der Waals surface area (Å²) in [6.07, 6.45) is 0. The molecule has 3 aromatic carbocycles. The second-order valence-electron chi connectivity index (χ2n) is 6.18. The molecule has 4 rings (SSSR count). The molecule has 0 unspecified atom stereocenters. The monoisotopic (exact) mass is 342 g/mol. The van der Waals surface area contributed by atoms with Gasteiger partial charge in [0.05, 0.1) is 0 Å². The Morgan fingerprint density at radius 2 is 1.15 bits per heavy atom. The van der Waals surface area contributed by atoms with E-state index in [1.165, 1.54) is 0 Å². The van der Waals surface area contributed by atoms with E-state index < -0.39 is 0 Å². The van der Waals surface area contributed by atoms with Crippen molar-refractivity contribution in [3.05, 3.63) is 106 Å². The van der Waals surface area contributed by atoms with E-state index in [4.69, 9.17) is 0 Å². The molecule has 1 aliphatic carbocycles. The molecule has 0 bridgehead atoms. The van der Waals surface area contributed by atoms with Gasteiger partial charge in [-0.1, -0.05) is 72.3 Å². The lowest BCUT2D eigenvalue weighted by Gasteiger charge is -2.17. The summed E-state index contributed by atoms with van der Waals surface area (Å²) < 4.78 is 0. The highest BCUT2D eigenvalue weighted by atomic mass is 16.1. The summed E-state index contributed by atoms with van der Waals surface area (Å²) in [5.41, 5.74) is 3.82. The lowest BCUT2D eigenvalue weighted by atomic mass is 9.83. The minimum absolute atomic E-state index is 0.0566. The maximum atomic E-state index is 12.3. The van der Waals surface area contributed by atoms with Crippen LogP contribution in [-0.4, -0.2) is 17.3 Å². The first-order valence-corrected chi connectivity index (χ1v) is 8.34. The minimum Gasteiger partial charge on any atom is -0.295 e. The Kier molecular flexibility index (Phi) is 4.90. The lowest BCUT2D eigenvalue weighted by molar-refractivity contribution is 0.0979. The van der Waals surface area contributed by atoms with Gasteiger partial charge in [-0.3, -0.25) is 14.4 Å². The Morgan fingerprint density at radius 3 is 1.69 bits per heavy atom. The van der Waals surface area contributed by atoms with Crippen LogP contribution in [0.5, 0.6) is 0 Å². The van der Waals surface area contributed by atoms with E-state index in [1.54, 1.807) is 43.3 Å². The Hall–Kier alpha value is -3.33. The van der Waals surface area contributed by atoms with Gasteiger partial charge in [0.25, 0.3) is 0 Å². The molecule has 0 amide bonds. The molecule has 0 saturated heterocycles. The van der Waals surface area contributed by atoms with Gasteiger partial charge in [-0.2, -0.15) is 0 Å². The summed E-state index contributed by atoms with van der Waals surface area (Å²) in [6, 6.07) is 21.6. The highest BCUT2D eigenvalue weighted by Crippen LogP contribution is 2.27. The van der Waals surface area contributed by atoms with Crippen molar-refractivity contribution in [3.8, 4) is 0 Å². The van der Waals surface area contributed by atoms with Crippen molar-refractivity contribution in [1.82, 2.24) is 0 Å². The van der Waals surface area contributed by atoms with Crippen molar-refractivity contribution < 1.29 is 14.4 Å². The number of fused-ring (bicyclic) bond motifs is 2. The molecule has 0 heterocycles. The molecule has 0 radical (unpaired) electrons. The molecule has 0 N–H and O–H groups in total. The third kappa shape index (κ3) is 3.38. The van der Waals surface area contributed by atoms with Gasteiger partial charge in [0.2, 0.25) is 0 Å². The van der Waals surface area contributed by atoms with Crippen LogP contribution in [0.1, 0.15) is 54.7 Å². The van der Waals surface area contributed by atoms with Crippen molar-refractivity contribution in [2.24, 2.45) is 0 Å². The molecule has 3 nitrogen and oxygen atoms in total. The fraction of sp³-hybridized carbons (Fsp3) is 0.0870. The minimum atomic E-state index is -0.0600. The van der Waals surface area contributed by atoms with E-state index in [2.05, 4.69) is 0 Å². The van der Waals surface area contributed by atoms with E-state index in [0.717, 1.165) is 11.1 Å². The Labute approximate surface area is 152 Å². The zero-order valence-electron chi connectivity index (χ0n) is 14.7. The third-order valence-electron chi connectivity index (χ3n) is 4.26. The first-order chi connectivity index (χ1) is 12.5. The van der Waals surface area contributed by atoms with E-state index >= 15 is 0 Å². The Balaban J connectivity index is 0.000000185. The fourth-order valence-corrected chi connectivity index (χ4v) is 2.89. The van der Waals surface area contributed by atoms with Gasteiger partial charge in [-0.15, -0.1) is 0 Å². The van der Waals surface area contributed by atoms with Crippen molar-refractivity contribution in [1.29, 1.82) is 0 Å². The van der Waals surface area contributed by atoms with E-state index in [9.17, 15) is 14.4 Å². The third-order valence-corrected chi connectivity index (χ3v) is 4.26.